The number of nitrogens with two attached hydrogens (primary N) is 2. The third kappa shape index (κ3) is 11.9. The monoisotopic (exact) mass is 594 g/mol. The second kappa shape index (κ2) is 15.1. The van der Waals surface area contributed by atoms with E-state index in [1.807, 2.05) is 102 Å². The fourth-order valence-electron chi connectivity index (χ4n) is 6.58. The van der Waals surface area contributed by atoms with Gasteiger partial charge in [0.15, 0.2) is 0 Å². The first-order valence-corrected chi connectivity index (χ1v) is 15.1. The molecule has 7 nitrogen and oxygen atoms in total. The van der Waals surface area contributed by atoms with Crippen LogP contribution in [0.5, 0.6) is 0 Å². The minimum absolute atomic E-state index is 0.365. The molecule has 0 aliphatic rings. The van der Waals surface area contributed by atoms with Gasteiger partial charge in [0.05, 0.1) is 12.2 Å². The summed E-state index contributed by atoms with van der Waals surface area (Å²) in [4.78, 5) is 26.6. The summed E-state index contributed by atoms with van der Waals surface area (Å²) in [6.07, 6.45) is 2.88. The average molecular weight is 595 g/mol. The molecule has 0 aliphatic heterocycles. The highest BCUT2D eigenvalue weighted by atomic mass is 16.6. The summed E-state index contributed by atoms with van der Waals surface area (Å²) in [5, 5.41) is 0. The van der Waals surface area contributed by atoms with Gasteiger partial charge in [-0.25, -0.2) is 0 Å². The van der Waals surface area contributed by atoms with Crippen LogP contribution in [0.25, 0.3) is 0 Å². The summed E-state index contributed by atoms with van der Waals surface area (Å²) in [5.41, 5.74) is 12.0. The molecule has 0 saturated heterocycles. The van der Waals surface area contributed by atoms with Crippen molar-refractivity contribution in [3.05, 3.63) is 84.4 Å². The zero-order chi connectivity index (χ0) is 32.5. The lowest BCUT2D eigenvalue weighted by atomic mass is 9.64. The van der Waals surface area contributed by atoms with Gasteiger partial charge in [0.2, 0.25) is 0 Å². The molecule has 43 heavy (non-hydrogen) atoms. The van der Waals surface area contributed by atoms with Crippen molar-refractivity contribution in [1.82, 2.24) is 0 Å². The molecule has 0 saturated carbocycles. The van der Waals surface area contributed by atoms with Gasteiger partial charge in [-0.2, -0.15) is 0 Å². The number of rotatable bonds is 17. The molecule has 1 unspecified atom stereocenters. The van der Waals surface area contributed by atoms with Gasteiger partial charge < -0.3 is 25.7 Å². The van der Waals surface area contributed by atoms with E-state index in [1.54, 1.807) is 6.08 Å². The minimum atomic E-state index is -0.892. The zero-order valence-electron chi connectivity index (χ0n) is 27.5. The van der Waals surface area contributed by atoms with E-state index in [0.29, 0.717) is 32.3 Å². The topological polar surface area (TPSA) is 114 Å². The van der Waals surface area contributed by atoms with E-state index in [-0.39, 0.29) is 0 Å². The van der Waals surface area contributed by atoms with E-state index in [0.717, 1.165) is 11.1 Å². The van der Waals surface area contributed by atoms with Crippen molar-refractivity contribution < 1.29 is 23.8 Å². The third-order valence-electron chi connectivity index (χ3n) is 7.59. The molecule has 7 heteroatoms. The molecule has 0 bridgehead atoms. The van der Waals surface area contributed by atoms with Crippen LogP contribution in [0.4, 0.5) is 0 Å². The Bertz CT molecular complexity index is 1170. The first kappa shape index (κ1) is 36.2. The molecule has 0 fully saturated rings. The van der Waals surface area contributed by atoms with Gasteiger partial charge in [-0.05, 0) is 64.5 Å². The number of hydrogen-bond acceptors (Lipinski definition) is 7. The zero-order valence-corrected chi connectivity index (χ0v) is 27.5. The Kier molecular flexibility index (Phi) is 12.7. The Morgan fingerprint density at radius 3 is 1.58 bits per heavy atom. The summed E-state index contributed by atoms with van der Waals surface area (Å²) in [6.45, 7) is 20.2. The number of carbonyl (C=O) groups is 2. The Balaban J connectivity index is 2.28. The molecule has 0 aromatic heterocycles. The first-order chi connectivity index (χ1) is 19.9. The van der Waals surface area contributed by atoms with Crippen molar-refractivity contribution in [1.29, 1.82) is 0 Å². The lowest BCUT2D eigenvalue weighted by Gasteiger charge is -2.48. The molecule has 0 spiro atoms. The fraction of sp³-hybridized carbons (Fsp3) is 0.556. The Morgan fingerprint density at radius 2 is 1.14 bits per heavy atom. The van der Waals surface area contributed by atoms with Crippen LogP contribution in [0.2, 0.25) is 0 Å². The second-order valence-corrected chi connectivity index (χ2v) is 14.3. The van der Waals surface area contributed by atoms with Crippen molar-refractivity contribution in [2.75, 3.05) is 6.61 Å². The quantitative estimate of drug-likeness (QED) is 0.166. The average Bonchev–Trinajstić information content (AvgIpc) is 2.89. The number of carbonyl (C=O) groups excluding carboxylic acids is 2. The smallest absolute Gasteiger partial charge is 0.323 e. The molecular formula is C36H54N2O5. The largest absolute Gasteiger partial charge is 0.460 e. The van der Waals surface area contributed by atoms with Crippen molar-refractivity contribution in [2.24, 2.45) is 22.3 Å². The van der Waals surface area contributed by atoms with Gasteiger partial charge in [0.25, 0.3) is 0 Å². The van der Waals surface area contributed by atoms with Crippen molar-refractivity contribution in [2.45, 2.75) is 110 Å². The lowest BCUT2D eigenvalue weighted by Crippen LogP contribution is -2.52. The van der Waals surface area contributed by atoms with Gasteiger partial charge in [0, 0.05) is 10.8 Å². The van der Waals surface area contributed by atoms with Crippen molar-refractivity contribution >= 4 is 11.9 Å². The van der Waals surface area contributed by atoms with Crippen LogP contribution < -0.4 is 11.5 Å². The van der Waals surface area contributed by atoms with Crippen LogP contribution in [-0.2, 0) is 36.6 Å². The molecule has 238 valence electrons. The molecule has 2 rings (SSSR count). The Morgan fingerprint density at radius 1 is 0.721 bits per heavy atom. The van der Waals surface area contributed by atoms with E-state index < -0.39 is 52.2 Å². The normalized spacial score (nSPS) is 14.8. The van der Waals surface area contributed by atoms with Crippen molar-refractivity contribution in [3.8, 4) is 0 Å². The van der Waals surface area contributed by atoms with Crippen LogP contribution in [-0.4, -0.2) is 47.9 Å². The van der Waals surface area contributed by atoms with Gasteiger partial charge >= 0.3 is 11.9 Å². The van der Waals surface area contributed by atoms with Gasteiger partial charge in [-0.15, -0.1) is 6.58 Å². The molecular weight excluding hydrogens is 540 g/mol. The van der Waals surface area contributed by atoms with Crippen LogP contribution in [0.15, 0.2) is 73.3 Å². The molecule has 2 aromatic rings. The fourth-order valence-corrected chi connectivity index (χ4v) is 6.58. The summed E-state index contributed by atoms with van der Waals surface area (Å²) in [6, 6.07) is 17.6. The van der Waals surface area contributed by atoms with Crippen LogP contribution in [0.1, 0.15) is 79.4 Å². The molecule has 0 aliphatic carbocycles. The maximum Gasteiger partial charge on any atom is 0.323 e. The van der Waals surface area contributed by atoms with Gasteiger partial charge in [-0.1, -0.05) is 94.4 Å². The van der Waals surface area contributed by atoms with Crippen molar-refractivity contribution in [3.63, 3.8) is 0 Å². The predicted molar refractivity (Wildman–Crippen MR) is 173 cm³/mol. The lowest BCUT2D eigenvalue weighted by molar-refractivity contribution is -0.182. The molecule has 0 radical (unpaired) electrons. The third-order valence-corrected chi connectivity index (χ3v) is 7.59. The predicted octanol–water partition coefficient (Wildman–Crippen LogP) is 6.17. The molecule has 0 amide bonds. The highest BCUT2D eigenvalue weighted by Gasteiger charge is 2.49. The van der Waals surface area contributed by atoms with E-state index in [9.17, 15) is 9.59 Å². The highest BCUT2D eigenvalue weighted by molar-refractivity contribution is 5.77. The van der Waals surface area contributed by atoms with Crippen LogP contribution in [0.3, 0.4) is 0 Å². The number of benzene rings is 2. The number of esters is 2. The van der Waals surface area contributed by atoms with Gasteiger partial charge in [0.1, 0.15) is 23.8 Å². The number of ether oxygens (including phenoxy) is 3. The van der Waals surface area contributed by atoms with E-state index in [1.165, 1.54) is 0 Å². The molecule has 0 heterocycles. The minimum Gasteiger partial charge on any atom is -0.460 e. The Labute approximate surface area is 259 Å². The molecule has 3 atom stereocenters. The maximum atomic E-state index is 13.5. The van der Waals surface area contributed by atoms with Crippen LogP contribution >= 0.6 is 0 Å². The Hall–Kier alpha value is -3.00. The van der Waals surface area contributed by atoms with E-state index in [4.69, 9.17) is 25.7 Å². The summed E-state index contributed by atoms with van der Waals surface area (Å²) in [5.74, 6) is -0.944. The standard InChI is InChI=1S/C36H54N2O5/c1-10-21-41-35(6,7)24-33(2,3)32(42-30(39)28(37)22-26-17-13-11-14-18-26)34(4,5)25-36(8,9)43-31(40)29(38)23-27-19-15-12-16-20-27/h10-20,28-29,32H,1,21-25,37-38H2,2-9H3/t28-,29-,32?/m0/s1. The highest BCUT2D eigenvalue weighted by Crippen LogP contribution is 2.46. The number of hydrogen-bond donors (Lipinski definition) is 2. The maximum absolute atomic E-state index is 13.5. The molecule has 4 N–H and O–H groups in total. The summed E-state index contributed by atoms with van der Waals surface area (Å²) < 4.78 is 18.4. The summed E-state index contributed by atoms with van der Waals surface area (Å²) in [7, 11) is 0. The summed E-state index contributed by atoms with van der Waals surface area (Å²) >= 11 is 0. The first-order valence-electron chi connectivity index (χ1n) is 15.1. The van der Waals surface area contributed by atoms with Gasteiger partial charge in [-0.3, -0.25) is 9.59 Å². The SMILES string of the molecule is C=CCOC(C)(C)CC(C)(C)C(OC(=O)[C@@H](N)Cc1ccccc1)C(C)(C)CC(C)(C)OC(=O)[C@@H](N)Cc1ccccc1. The molecule has 2 aromatic carbocycles. The van der Waals surface area contributed by atoms with E-state index >= 15 is 0 Å². The second-order valence-electron chi connectivity index (χ2n) is 14.3. The van der Waals surface area contributed by atoms with E-state index in [2.05, 4.69) is 20.4 Å². The van der Waals surface area contributed by atoms with Crippen LogP contribution in [0, 0.1) is 10.8 Å².